The largest absolute Gasteiger partial charge is 0.103 e. The molecule has 0 amide bonds. The van der Waals surface area contributed by atoms with Gasteiger partial charge in [-0.1, -0.05) is 51.3 Å². The summed E-state index contributed by atoms with van der Waals surface area (Å²) >= 11 is 1.62. The maximum atomic E-state index is 3.73. The van der Waals surface area contributed by atoms with Gasteiger partial charge in [0.1, 0.15) is 0 Å². The second-order valence-electron chi connectivity index (χ2n) is 2.41. The minimum absolute atomic E-state index is 1.16. The van der Waals surface area contributed by atoms with Crippen molar-refractivity contribution in [1.29, 1.82) is 0 Å². The van der Waals surface area contributed by atoms with Gasteiger partial charge in [-0.05, 0) is 36.7 Å². The molecular weight excluding hydrogens is 212 g/mol. The van der Waals surface area contributed by atoms with Crippen molar-refractivity contribution >= 4 is 11.8 Å². The summed E-state index contributed by atoms with van der Waals surface area (Å²) in [6.07, 6.45) is 7.65. The van der Waals surface area contributed by atoms with Gasteiger partial charge >= 0.3 is 0 Å². The molecule has 0 bridgehead atoms. The first-order chi connectivity index (χ1) is 7.67. The predicted octanol–water partition coefficient (Wildman–Crippen LogP) is 6.12. The molecule has 0 nitrogen and oxygen atoms in total. The second kappa shape index (κ2) is 19.6. The van der Waals surface area contributed by atoms with Crippen molar-refractivity contribution in [1.82, 2.24) is 0 Å². The van der Waals surface area contributed by atoms with Crippen molar-refractivity contribution in [2.75, 3.05) is 0 Å². The van der Waals surface area contributed by atoms with E-state index in [1.165, 1.54) is 4.91 Å². The Morgan fingerprint density at radius 1 is 1.06 bits per heavy atom. The van der Waals surface area contributed by atoms with Crippen molar-refractivity contribution in [3.8, 4) is 0 Å². The highest BCUT2D eigenvalue weighted by Gasteiger charge is 1.91. The van der Waals surface area contributed by atoms with E-state index in [1.54, 1.807) is 17.8 Å². The molecule has 1 heteroatoms. The van der Waals surface area contributed by atoms with E-state index >= 15 is 0 Å². The number of hydrogen-bond acceptors (Lipinski definition) is 1. The molecule has 0 aromatic carbocycles. The van der Waals surface area contributed by atoms with Crippen LogP contribution in [0.3, 0.4) is 0 Å². The van der Waals surface area contributed by atoms with Crippen LogP contribution < -0.4 is 0 Å². The van der Waals surface area contributed by atoms with E-state index in [9.17, 15) is 0 Å². The molecule has 0 fully saturated rings. The van der Waals surface area contributed by atoms with Gasteiger partial charge in [-0.25, -0.2) is 0 Å². The van der Waals surface area contributed by atoms with E-state index in [2.05, 4.69) is 26.7 Å². The van der Waals surface area contributed by atoms with Crippen molar-refractivity contribution < 1.29 is 0 Å². The molecular formula is C15H26S. The van der Waals surface area contributed by atoms with Crippen LogP contribution in [0.5, 0.6) is 0 Å². The summed E-state index contributed by atoms with van der Waals surface area (Å²) in [5.74, 6) is 0. The summed E-state index contributed by atoms with van der Waals surface area (Å²) in [6.45, 7) is 20.7. The average molecular weight is 238 g/mol. The molecule has 0 aliphatic carbocycles. The van der Waals surface area contributed by atoms with Crippen LogP contribution in [0, 0.1) is 0 Å². The van der Waals surface area contributed by atoms with Gasteiger partial charge in [-0.3, -0.25) is 0 Å². The average Bonchev–Trinajstić information content (AvgIpc) is 2.30. The molecule has 0 aliphatic heterocycles. The molecule has 0 aromatic heterocycles. The molecule has 0 N–H and O–H groups in total. The normalized spacial score (nSPS) is 10.1. The Morgan fingerprint density at radius 3 is 1.75 bits per heavy atom. The lowest BCUT2D eigenvalue weighted by molar-refractivity contribution is 1.50. The molecule has 16 heavy (non-hydrogen) atoms. The Hall–Kier alpha value is -0.950. The zero-order valence-corrected chi connectivity index (χ0v) is 12.2. The van der Waals surface area contributed by atoms with Crippen LogP contribution >= 0.6 is 11.8 Å². The van der Waals surface area contributed by atoms with E-state index in [0.717, 1.165) is 5.57 Å². The fourth-order valence-corrected chi connectivity index (χ4v) is 1.24. The summed E-state index contributed by atoms with van der Waals surface area (Å²) in [6, 6.07) is 0. The van der Waals surface area contributed by atoms with Crippen LogP contribution in [0.2, 0.25) is 0 Å². The molecule has 92 valence electrons. The second-order valence-corrected chi connectivity index (χ2v) is 3.59. The van der Waals surface area contributed by atoms with Crippen molar-refractivity contribution in [2.24, 2.45) is 0 Å². The van der Waals surface area contributed by atoms with Crippen LogP contribution in [0.4, 0.5) is 0 Å². The van der Waals surface area contributed by atoms with E-state index < -0.39 is 0 Å². The Labute approximate surface area is 107 Å². The van der Waals surface area contributed by atoms with Crippen LogP contribution in [-0.2, 0) is 0 Å². The minimum Gasteiger partial charge on any atom is -0.103 e. The lowest BCUT2D eigenvalue weighted by Crippen LogP contribution is -1.74. The smallest absolute Gasteiger partial charge is 0.00676 e. The van der Waals surface area contributed by atoms with Gasteiger partial charge in [0.25, 0.3) is 0 Å². The van der Waals surface area contributed by atoms with Gasteiger partial charge in [0.2, 0.25) is 0 Å². The van der Waals surface area contributed by atoms with Gasteiger partial charge < -0.3 is 0 Å². The van der Waals surface area contributed by atoms with Crippen molar-refractivity contribution in [3.63, 3.8) is 0 Å². The highest BCUT2D eigenvalue weighted by molar-refractivity contribution is 8.05. The Balaban J connectivity index is -0.000000289. The van der Waals surface area contributed by atoms with Crippen LogP contribution in [0.25, 0.3) is 0 Å². The van der Waals surface area contributed by atoms with Crippen LogP contribution in [0.1, 0.15) is 34.6 Å². The minimum atomic E-state index is 1.16. The standard InChI is InChI=1S/C10H14S.C3H6.C2H6/c1-5-8-10(6-2)9(4)11-7-3;1-3-2;1-2/h5-8H,2-3H2,1,4H3;3H,1H2,2H3;1-2H3/b8-5-,10-9+;;. The quantitative estimate of drug-likeness (QED) is 0.420. The predicted molar refractivity (Wildman–Crippen MR) is 82.7 cm³/mol. The number of rotatable bonds is 4. The molecule has 0 unspecified atom stereocenters. The summed E-state index contributed by atoms with van der Waals surface area (Å²) in [5, 5.41) is 1.82. The highest BCUT2D eigenvalue weighted by Crippen LogP contribution is 2.20. The molecule has 0 radical (unpaired) electrons. The third kappa shape index (κ3) is 15.5. The van der Waals surface area contributed by atoms with Gasteiger partial charge in [-0.2, -0.15) is 0 Å². The van der Waals surface area contributed by atoms with Crippen LogP contribution in [-0.4, -0.2) is 0 Å². The van der Waals surface area contributed by atoms with Crippen molar-refractivity contribution in [2.45, 2.75) is 34.6 Å². The molecule has 0 spiro atoms. The Kier molecular flexibility index (Phi) is 25.1. The monoisotopic (exact) mass is 238 g/mol. The Morgan fingerprint density at radius 2 is 1.50 bits per heavy atom. The third-order valence-corrected chi connectivity index (χ3v) is 1.99. The summed E-state index contributed by atoms with van der Waals surface area (Å²) in [5.41, 5.74) is 1.16. The first-order valence-corrected chi connectivity index (χ1v) is 6.36. The van der Waals surface area contributed by atoms with E-state index in [0.29, 0.717) is 0 Å². The zero-order valence-electron chi connectivity index (χ0n) is 11.4. The molecule has 0 atom stereocenters. The fourth-order valence-electron chi connectivity index (χ4n) is 0.702. The molecule has 0 saturated heterocycles. The first kappa shape index (κ1) is 20.5. The van der Waals surface area contributed by atoms with E-state index in [4.69, 9.17) is 0 Å². The molecule has 0 rings (SSSR count). The summed E-state index contributed by atoms with van der Waals surface area (Å²) < 4.78 is 0. The van der Waals surface area contributed by atoms with E-state index in [1.807, 2.05) is 51.3 Å². The number of allylic oxidation sites excluding steroid dienone is 6. The summed E-state index contributed by atoms with van der Waals surface area (Å²) in [4.78, 5) is 1.23. The molecule has 0 aromatic rings. The topological polar surface area (TPSA) is 0 Å². The van der Waals surface area contributed by atoms with Gasteiger partial charge in [-0.15, -0.1) is 18.3 Å². The first-order valence-electron chi connectivity index (χ1n) is 5.48. The number of thioether (sulfide) groups is 1. The molecule has 0 heterocycles. The third-order valence-electron chi connectivity index (χ3n) is 1.23. The SMILES string of the molecule is C=CC.C=CS/C(C)=C(C=C)/C=C\C.CC. The Bertz CT molecular complexity index is 232. The van der Waals surface area contributed by atoms with Gasteiger partial charge in [0.15, 0.2) is 0 Å². The highest BCUT2D eigenvalue weighted by atomic mass is 32.2. The summed E-state index contributed by atoms with van der Waals surface area (Å²) in [7, 11) is 0. The lowest BCUT2D eigenvalue weighted by Gasteiger charge is -1.98. The maximum absolute atomic E-state index is 3.73. The van der Waals surface area contributed by atoms with Crippen molar-refractivity contribution in [3.05, 3.63) is 59.9 Å². The maximum Gasteiger partial charge on any atom is -0.00676 e. The van der Waals surface area contributed by atoms with Gasteiger partial charge in [0.05, 0.1) is 0 Å². The van der Waals surface area contributed by atoms with Crippen LogP contribution in [0.15, 0.2) is 59.9 Å². The van der Waals surface area contributed by atoms with E-state index in [-0.39, 0.29) is 0 Å². The molecule has 0 saturated carbocycles. The zero-order chi connectivity index (χ0) is 13.4. The van der Waals surface area contributed by atoms with Gasteiger partial charge in [0, 0.05) is 0 Å². The molecule has 0 aliphatic rings. The number of hydrogen-bond donors (Lipinski definition) is 0. The lowest BCUT2D eigenvalue weighted by atomic mass is 10.2. The fraction of sp³-hybridized carbons (Fsp3) is 0.333.